The summed E-state index contributed by atoms with van der Waals surface area (Å²) in [6.07, 6.45) is -0.477. The Hall–Kier alpha value is -3.82. The van der Waals surface area contributed by atoms with Crippen molar-refractivity contribution in [3.63, 3.8) is 0 Å². The van der Waals surface area contributed by atoms with Crippen molar-refractivity contribution in [2.45, 2.75) is 24.9 Å². The molecule has 0 amide bonds. The second kappa shape index (κ2) is 7.40. The van der Waals surface area contributed by atoms with Gasteiger partial charge in [0.1, 0.15) is 11.6 Å². The second-order valence-corrected chi connectivity index (χ2v) is 7.63. The molecule has 0 spiro atoms. The zero-order valence-corrected chi connectivity index (χ0v) is 17.0. The van der Waals surface area contributed by atoms with Gasteiger partial charge >= 0.3 is 6.18 Å². The monoisotopic (exact) mass is 440 g/mol. The molecule has 0 unspecified atom stereocenters. The molecule has 1 saturated carbocycles. The van der Waals surface area contributed by atoms with Crippen LogP contribution in [0.25, 0.3) is 16.8 Å². The van der Waals surface area contributed by atoms with Gasteiger partial charge in [0.2, 0.25) is 5.95 Å². The van der Waals surface area contributed by atoms with Crippen LogP contribution in [0.4, 0.5) is 30.6 Å². The van der Waals surface area contributed by atoms with Crippen molar-refractivity contribution < 1.29 is 17.9 Å². The van der Waals surface area contributed by atoms with E-state index >= 15 is 0 Å². The fourth-order valence-electron chi connectivity index (χ4n) is 3.60. The van der Waals surface area contributed by atoms with Gasteiger partial charge in [-0.1, -0.05) is 0 Å². The molecule has 0 bridgehead atoms. The van der Waals surface area contributed by atoms with Gasteiger partial charge in [0.15, 0.2) is 0 Å². The first-order chi connectivity index (χ1) is 15.3. The topological polar surface area (TPSA) is 90.4 Å². The number of ether oxygens (including phenoxy) is 1. The number of nitrogens with zero attached hydrogens (tertiary/aromatic N) is 4. The van der Waals surface area contributed by atoms with Crippen LogP contribution < -0.4 is 15.8 Å². The number of halogens is 3. The second-order valence-electron chi connectivity index (χ2n) is 7.63. The third-order valence-electron chi connectivity index (χ3n) is 5.30. The summed E-state index contributed by atoms with van der Waals surface area (Å²) < 4.78 is 45.6. The lowest BCUT2D eigenvalue weighted by Gasteiger charge is -2.10. The molecule has 0 radical (unpaired) electrons. The van der Waals surface area contributed by atoms with Crippen molar-refractivity contribution in [2.24, 2.45) is 0 Å². The third kappa shape index (κ3) is 3.79. The maximum atomic E-state index is 12.8. The Morgan fingerprint density at radius 3 is 2.50 bits per heavy atom. The Morgan fingerprint density at radius 1 is 1.09 bits per heavy atom. The molecule has 7 nitrogen and oxygen atoms in total. The fourth-order valence-corrected chi connectivity index (χ4v) is 3.60. The smallest absolute Gasteiger partial charge is 0.416 e. The van der Waals surface area contributed by atoms with Crippen molar-refractivity contribution in [3.8, 4) is 17.0 Å². The summed E-state index contributed by atoms with van der Waals surface area (Å²) in [6, 6.07) is 10.0. The highest BCUT2D eigenvalue weighted by Crippen LogP contribution is 2.45. The van der Waals surface area contributed by atoms with Crippen molar-refractivity contribution in [1.29, 1.82) is 0 Å². The molecule has 4 aromatic rings. The van der Waals surface area contributed by atoms with Crippen LogP contribution in [0.1, 0.15) is 30.0 Å². The van der Waals surface area contributed by atoms with Crippen LogP contribution >= 0.6 is 0 Å². The number of rotatable bonds is 5. The van der Waals surface area contributed by atoms with Gasteiger partial charge in [0, 0.05) is 35.5 Å². The van der Waals surface area contributed by atoms with E-state index < -0.39 is 11.7 Å². The standard InChI is InChI=1S/C22H19F3N6O/c1-32-15-8-9-31-17(10-15)19(20(30-31)12-2-3-12)16-11-18(26)29-21(28-16)27-14-6-4-13(5-7-14)22(23,24)25/h4-12H,2-3H2,1H3,(H3,26,27,28,29). The molecular formula is C22H19F3N6O. The number of nitrogen functional groups attached to an aromatic ring is 1. The molecule has 3 N–H and O–H groups in total. The van der Waals surface area contributed by atoms with E-state index in [1.807, 2.05) is 18.3 Å². The van der Waals surface area contributed by atoms with Gasteiger partial charge in [-0.3, -0.25) is 0 Å². The number of fused-ring (bicyclic) bond motifs is 1. The van der Waals surface area contributed by atoms with Crippen LogP contribution in [0.5, 0.6) is 5.75 Å². The van der Waals surface area contributed by atoms with Crippen LogP contribution in [0.3, 0.4) is 0 Å². The van der Waals surface area contributed by atoms with Crippen LogP contribution in [-0.4, -0.2) is 26.7 Å². The molecule has 10 heteroatoms. The first kappa shape index (κ1) is 20.1. The van der Waals surface area contributed by atoms with E-state index in [1.54, 1.807) is 17.7 Å². The third-order valence-corrected chi connectivity index (χ3v) is 5.30. The van der Waals surface area contributed by atoms with Gasteiger partial charge in [-0.05, 0) is 43.2 Å². The number of anilines is 3. The Balaban J connectivity index is 1.56. The number of nitrogens with one attached hydrogen (secondary N) is 1. The molecule has 0 aliphatic heterocycles. The zero-order valence-electron chi connectivity index (χ0n) is 17.0. The number of alkyl halides is 3. The predicted octanol–water partition coefficient (Wildman–Crippen LogP) is 5.02. The molecule has 3 aromatic heterocycles. The summed E-state index contributed by atoms with van der Waals surface area (Å²) in [5.41, 5.74) is 8.91. The number of benzene rings is 1. The molecule has 5 rings (SSSR count). The lowest BCUT2D eigenvalue weighted by atomic mass is 10.1. The number of nitrogens with two attached hydrogens (primary N) is 1. The van der Waals surface area contributed by atoms with E-state index in [0.29, 0.717) is 23.0 Å². The average Bonchev–Trinajstić information content (AvgIpc) is 3.53. The van der Waals surface area contributed by atoms with Crippen LogP contribution in [0.15, 0.2) is 48.7 Å². The van der Waals surface area contributed by atoms with Crippen LogP contribution in [0, 0.1) is 0 Å². The minimum Gasteiger partial charge on any atom is -0.497 e. The van der Waals surface area contributed by atoms with E-state index in [4.69, 9.17) is 15.6 Å². The maximum absolute atomic E-state index is 12.8. The molecule has 1 aliphatic carbocycles. The summed E-state index contributed by atoms with van der Waals surface area (Å²) in [5.74, 6) is 1.45. The van der Waals surface area contributed by atoms with Crippen molar-refractivity contribution in [3.05, 3.63) is 59.9 Å². The minimum atomic E-state index is -4.40. The van der Waals surface area contributed by atoms with Gasteiger partial charge in [-0.25, -0.2) is 9.50 Å². The highest BCUT2D eigenvalue weighted by molar-refractivity contribution is 5.83. The molecule has 1 fully saturated rings. The number of hydrogen-bond donors (Lipinski definition) is 2. The predicted molar refractivity (Wildman–Crippen MR) is 114 cm³/mol. The summed E-state index contributed by atoms with van der Waals surface area (Å²) >= 11 is 0. The summed E-state index contributed by atoms with van der Waals surface area (Å²) in [7, 11) is 1.60. The molecule has 32 heavy (non-hydrogen) atoms. The summed E-state index contributed by atoms with van der Waals surface area (Å²) in [6.45, 7) is 0. The molecule has 1 aromatic carbocycles. The molecule has 0 atom stereocenters. The van der Waals surface area contributed by atoms with Gasteiger partial charge in [0.25, 0.3) is 0 Å². The van der Waals surface area contributed by atoms with Gasteiger partial charge in [-0.15, -0.1) is 0 Å². The summed E-state index contributed by atoms with van der Waals surface area (Å²) in [5, 5.41) is 7.67. The van der Waals surface area contributed by atoms with E-state index in [2.05, 4.69) is 15.3 Å². The summed E-state index contributed by atoms with van der Waals surface area (Å²) in [4.78, 5) is 8.80. The SMILES string of the molecule is COc1ccn2nc(C3CC3)c(-c3cc(N)nc(Nc4ccc(C(F)(F)F)cc4)n3)c2c1. The molecule has 3 heterocycles. The van der Waals surface area contributed by atoms with Crippen molar-refractivity contribution in [1.82, 2.24) is 19.6 Å². The van der Waals surface area contributed by atoms with Gasteiger partial charge in [0.05, 0.1) is 29.6 Å². The Kier molecular flexibility index (Phi) is 4.65. The van der Waals surface area contributed by atoms with Gasteiger partial charge < -0.3 is 15.8 Å². The largest absolute Gasteiger partial charge is 0.497 e. The number of methoxy groups -OCH3 is 1. The normalized spacial score (nSPS) is 14.0. The molecule has 1 aliphatic rings. The Labute approximate surface area is 181 Å². The fraction of sp³-hybridized carbons (Fsp3) is 0.227. The van der Waals surface area contributed by atoms with E-state index in [0.717, 1.165) is 41.7 Å². The molecule has 0 saturated heterocycles. The minimum absolute atomic E-state index is 0.184. The number of hydrogen-bond acceptors (Lipinski definition) is 6. The maximum Gasteiger partial charge on any atom is 0.416 e. The zero-order chi connectivity index (χ0) is 22.5. The Morgan fingerprint density at radius 2 is 1.84 bits per heavy atom. The lowest BCUT2D eigenvalue weighted by molar-refractivity contribution is -0.137. The van der Waals surface area contributed by atoms with Crippen LogP contribution in [-0.2, 0) is 6.18 Å². The quantitative estimate of drug-likeness (QED) is 0.453. The highest BCUT2D eigenvalue weighted by atomic mass is 19.4. The van der Waals surface area contributed by atoms with Crippen molar-refractivity contribution in [2.75, 3.05) is 18.2 Å². The van der Waals surface area contributed by atoms with Crippen LogP contribution in [0.2, 0.25) is 0 Å². The first-order valence-corrected chi connectivity index (χ1v) is 9.97. The molecular weight excluding hydrogens is 421 g/mol. The number of pyridine rings is 1. The lowest BCUT2D eigenvalue weighted by Crippen LogP contribution is -2.05. The highest BCUT2D eigenvalue weighted by Gasteiger charge is 2.32. The van der Waals surface area contributed by atoms with E-state index in [9.17, 15) is 13.2 Å². The van der Waals surface area contributed by atoms with Crippen molar-refractivity contribution >= 4 is 23.0 Å². The van der Waals surface area contributed by atoms with Gasteiger partial charge in [-0.2, -0.15) is 23.3 Å². The average molecular weight is 440 g/mol. The molecule has 164 valence electrons. The van der Waals surface area contributed by atoms with E-state index in [-0.39, 0.29) is 11.8 Å². The first-order valence-electron chi connectivity index (χ1n) is 9.97. The Bertz CT molecular complexity index is 1300. The number of aromatic nitrogens is 4. The van der Waals surface area contributed by atoms with E-state index in [1.165, 1.54) is 12.1 Å².